The van der Waals surface area contributed by atoms with Crippen molar-refractivity contribution in [2.45, 2.75) is 31.8 Å². The summed E-state index contributed by atoms with van der Waals surface area (Å²) in [6, 6.07) is 4.11. The fourth-order valence-electron chi connectivity index (χ4n) is 3.52. The van der Waals surface area contributed by atoms with Crippen molar-refractivity contribution in [3.05, 3.63) is 52.6 Å². The van der Waals surface area contributed by atoms with Gasteiger partial charge in [0.15, 0.2) is 5.78 Å². The fourth-order valence-corrected chi connectivity index (χ4v) is 3.52. The van der Waals surface area contributed by atoms with Gasteiger partial charge < -0.3 is 15.0 Å². The third kappa shape index (κ3) is 2.12. The van der Waals surface area contributed by atoms with Crippen LogP contribution in [-0.4, -0.2) is 43.7 Å². The molecule has 1 amide bonds. The molecular weight excluding hydrogens is 310 g/mol. The van der Waals surface area contributed by atoms with Gasteiger partial charge in [0.1, 0.15) is 6.04 Å². The monoisotopic (exact) mass is 325 g/mol. The van der Waals surface area contributed by atoms with Crippen LogP contribution >= 0.6 is 0 Å². The molecule has 7 heteroatoms. The van der Waals surface area contributed by atoms with Crippen molar-refractivity contribution in [2.75, 3.05) is 0 Å². The van der Waals surface area contributed by atoms with Gasteiger partial charge in [0.2, 0.25) is 0 Å². The lowest BCUT2D eigenvalue weighted by Gasteiger charge is -2.32. The second-order valence-electron chi connectivity index (χ2n) is 6.07. The van der Waals surface area contributed by atoms with Crippen molar-refractivity contribution in [1.29, 1.82) is 0 Å². The summed E-state index contributed by atoms with van der Waals surface area (Å²) in [5.41, 5.74) is 3.16. The first-order valence-corrected chi connectivity index (χ1v) is 7.76. The van der Waals surface area contributed by atoms with Crippen LogP contribution in [0.25, 0.3) is 0 Å². The number of carboxylic acid groups (broad SMARTS) is 1. The van der Waals surface area contributed by atoms with Crippen LogP contribution < -0.4 is 0 Å². The summed E-state index contributed by atoms with van der Waals surface area (Å²) in [4.78, 5) is 45.0. The third-order valence-electron chi connectivity index (χ3n) is 4.75. The summed E-state index contributed by atoms with van der Waals surface area (Å²) in [5.74, 6) is -1.38. The van der Waals surface area contributed by atoms with Gasteiger partial charge >= 0.3 is 5.97 Å². The van der Waals surface area contributed by atoms with E-state index < -0.39 is 12.0 Å². The average Bonchev–Trinajstić information content (AvgIpc) is 3.19. The maximum Gasteiger partial charge on any atom is 0.326 e. The number of hydrogen-bond acceptors (Lipinski definition) is 4. The Bertz CT molecular complexity index is 870. The Labute approximate surface area is 137 Å². The molecule has 24 heavy (non-hydrogen) atoms. The summed E-state index contributed by atoms with van der Waals surface area (Å²) in [6.07, 6.45) is 2.61. The maximum atomic E-state index is 13.0. The molecule has 0 radical (unpaired) electrons. The highest BCUT2D eigenvalue weighted by atomic mass is 16.4. The number of amides is 1. The smallest absolute Gasteiger partial charge is 0.326 e. The van der Waals surface area contributed by atoms with Crippen LogP contribution in [0.1, 0.15) is 44.1 Å². The maximum absolute atomic E-state index is 13.0. The normalized spacial score (nSPS) is 19.1. The van der Waals surface area contributed by atoms with Crippen LogP contribution in [0.5, 0.6) is 0 Å². The predicted octanol–water partition coefficient (Wildman–Crippen LogP) is 1.19. The van der Waals surface area contributed by atoms with E-state index >= 15 is 0 Å². The molecule has 2 heterocycles. The zero-order valence-corrected chi connectivity index (χ0v) is 12.8. The van der Waals surface area contributed by atoms with E-state index in [4.69, 9.17) is 0 Å². The quantitative estimate of drug-likeness (QED) is 0.863. The molecule has 1 aromatic carbocycles. The summed E-state index contributed by atoms with van der Waals surface area (Å²) < 4.78 is 0. The second kappa shape index (κ2) is 5.30. The number of nitrogens with one attached hydrogen (secondary N) is 1. The number of rotatable bonds is 2. The van der Waals surface area contributed by atoms with E-state index in [1.54, 1.807) is 18.2 Å². The summed E-state index contributed by atoms with van der Waals surface area (Å²) in [5, 5.41) is 9.52. The van der Waals surface area contributed by atoms with Gasteiger partial charge in [-0.25, -0.2) is 9.78 Å². The minimum Gasteiger partial charge on any atom is -0.480 e. The number of benzene rings is 1. The molecule has 0 saturated carbocycles. The van der Waals surface area contributed by atoms with Crippen molar-refractivity contribution in [2.24, 2.45) is 0 Å². The Morgan fingerprint density at radius 1 is 1.29 bits per heavy atom. The zero-order chi connectivity index (χ0) is 16.8. The lowest BCUT2D eigenvalue weighted by molar-refractivity contribution is -0.142. The number of carbonyl (C=O) groups is 3. The zero-order valence-electron chi connectivity index (χ0n) is 12.8. The van der Waals surface area contributed by atoms with Gasteiger partial charge in [0.05, 0.1) is 24.3 Å². The van der Waals surface area contributed by atoms with Crippen molar-refractivity contribution < 1.29 is 19.5 Å². The van der Waals surface area contributed by atoms with Crippen LogP contribution in [0.2, 0.25) is 0 Å². The summed E-state index contributed by atoms with van der Waals surface area (Å²) in [7, 11) is 0. The number of aromatic amines is 1. The Balaban J connectivity index is 1.74. The number of fused-ring (bicyclic) bond motifs is 2. The molecule has 0 bridgehead atoms. The van der Waals surface area contributed by atoms with Crippen molar-refractivity contribution in [3.8, 4) is 0 Å². The number of Topliss-reactive ketones (excluding diaryl/α,β-unsaturated/α-hetero) is 1. The molecule has 2 N–H and O–H groups in total. The first kappa shape index (κ1) is 14.6. The fraction of sp³-hybridized carbons (Fsp3) is 0.294. The first-order chi connectivity index (χ1) is 11.6. The van der Waals surface area contributed by atoms with Crippen molar-refractivity contribution >= 4 is 17.7 Å². The van der Waals surface area contributed by atoms with E-state index in [1.807, 2.05) is 0 Å². The van der Waals surface area contributed by atoms with E-state index in [1.165, 1.54) is 11.2 Å². The van der Waals surface area contributed by atoms with Crippen molar-refractivity contribution in [3.63, 3.8) is 0 Å². The molecule has 2 aliphatic rings. The van der Waals surface area contributed by atoms with Gasteiger partial charge in [0.25, 0.3) is 5.91 Å². The summed E-state index contributed by atoms with van der Waals surface area (Å²) in [6.45, 7) is 0.169. The minimum absolute atomic E-state index is 0.0314. The first-order valence-electron chi connectivity index (χ1n) is 7.76. The van der Waals surface area contributed by atoms with Gasteiger partial charge in [-0.2, -0.15) is 0 Å². The minimum atomic E-state index is -1.05. The number of hydrogen-bond donors (Lipinski definition) is 2. The number of aromatic nitrogens is 2. The Hall–Kier alpha value is -2.96. The number of aliphatic carboxylic acids is 1. The van der Waals surface area contributed by atoms with Crippen LogP contribution in [0.15, 0.2) is 24.5 Å². The Morgan fingerprint density at radius 2 is 2.12 bits per heavy atom. The van der Waals surface area contributed by atoms with E-state index in [2.05, 4.69) is 9.97 Å². The van der Waals surface area contributed by atoms with E-state index in [0.29, 0.717) is 29.7 Å². The molecule has 0 spiro atoms. The highest BCUT2D eigenvalue weighted by Crippen LogP contribution is 2.29. The molecule has 4 rings (SSSR count). The second-order valence-corrected chi connectivity index (χ2v) is 6.07. The van der Waals surface area contributed by atoms with Gasteiger partial charge in [0, 0.05) is 24.0 Å². The van der Waals surface area contributed by atoms with E-state index in [0.717, 1.165) is 11.3 Å². The SMILES string of the molecule is O=C1CCc2c1cccc2C(=O)N1Cc2[nH]cnc2C[C@@H]1C(=O)O. The van der Waals surface area contributed by atoms with Crippen LogP contribution in [0, 0.1) is 0 Å². The number of carbonyl (C=O) groups excluding carboxylic acids is 2. The molecule has 122 valence electrons. The number of ketones is 1. The van der Waals surface area contributed by atoms with Gasteiger partial charge in [-0.1, -0.05) is 12.1 Å². The third-order valence-corrected chi connectivity index (χ3v) is 4.75. The van der Waals surface area contributed by atoms with Gasteiger partial charge in [-0.15, -0.1) is 0 Å². The molecule has 1 aliphatic carbocycles. The number of carboxylic acids is 1. The molecule has 0 unspecified atom stereocenters. The molecule has 1 atom stereocenters. The molecule has 2 aromatic rings. The Morgan fingerprint density at radius 3 is 2.92 bits per heavy atom. The van der Waals surface area contributed by atoms with E-state index in [9.17, 15) is 19.5 Å². The lowest BCUT2D eigenvalue weighted by atomic mass is 9.98. The number of H-pyrrole nitrogens is 1. The van der Waals surface area contributed by atoms with Crippen LogP contribution in [-0.2, 0) is 24.2 Å². The average molecular weight is 325 g/mol. The molecule has 1 aromatic heterocycles. The number of imidazole rings is 1. The predicted molar refractivity (Wildman–Crippen MR) is 82.7 cm³/mol. The highest BCUT2D eigenvalue weighted by molar-refractivity contribution is 6.06. The molecule has 1 aliphatic heterocycles. The number of nitrogens with zero attached hydrogens (tertiary/aromatic N) is 2. The largest absolute Gasteiger partial charge is 0.480 e. The molecule has 0 fully saturated rings. The lowest BCUT2D eigenvalue weighted by Crippen LogP contribution is -2.49. The topological polar surface area (TPSA) is 103 Å². The van der Waals surface area contributed by atoms with Gasteiger partial charge in [-0.3, -0.25) is 9.59 Å². The van der Waals surface area contributed by atoms with Crippen LogP contribution in [0.4, 0.5) is 0 Å². The Kier molecular flexibility index (Phi) is 3.23. The van der Waals surface area contributed by atoms with E-state index in [-0.39, 0.29) is 24.7 Å². The molecule has 7 nitrogen and oxygen atoms in total. The van der Waals surface area contributed by atoms with Gasteiger partial charge in [-0.05, 0) is 18.1 Å². The standard InChI is InChI=1S/C17H15N3O4/c21-15-5-4-9-10(15)2-1-3-11(9)16(22)20-7-13-12(18-8-19-13)6-14(20)17(23)24/h1-3,8,14H,4-7H2,(H,18,19)(H,23,24)/t14-/m1/s1. The highest BCUT2D eigenvalue weighted by Gasteiger charge is 2.37. The van der Waals surface area contributed by atoms with Crippen molar-refractivity contribution in [1.82, 2.24) is 14.9 Å². The summed E-state index contributed by atoms with van der Waals surface area (Å²) >= 11 is 0. The van der Waals surface area contributed by atoms with Crippen LogP contribution in [0.3, 0.4) is 0 Å². The molecule has 0 saturated heterocycles. The molecular formula is C17H15N3O4.